The van der Waals surface area contributed by atoms with Gasteiger partial charge in [0.25, 0.3) is 5.91 Å². The lowest BCUT2D eigenvalue weighted by Crippen LogP contribution is -2.32. The smallest absolute Gasteiger partial charge is 0.255 e. The summed E-state index contributed by atoms with van der Waals surface area (Å²) < 4.78 is 11.2. The van der Waals surface area contributed by atoms with Crippen molar-refractivity contribution in [3.8, 4) is 10.7 Å². The number of carbonyl (C=O) groups is 1. The molecule has 0 aromatic carbocycles. The lowest BCUT2D eigenvalue weighted by molar-refractivity contribution is -0.130. The van der Waals surface area contributed by atoms with E-state index in [4.69, 9.17) is 9.47 Å². The molecule has 7 nitrogen and oxygen atoms in total. The van der Waals surface area contributed by atoms with Crippen molar-refractivity contribution >= 4 is 22.4 Å². The first-order valence-corrected chi connectivity index (χ1v) is 8.83. The van der Waals surface area contributed by atoms with Gasteiger partial charge in [0.1, 0.15) is 11.8 Å². The molecule has 1 fully saturated rings. The maximum Gasteiger partial charge on any atom is 0.255 e. The summed E-state index contributed by atoms with van der Waals surface area (Å²) in [4.78, 5) is 16.4. The topological polar surface area (TPSA) is 86.2 Å². The summed E-state index contributed by atoms with van der Waals surface area (Å²) >= 11 is 1.28. The molecule has 0 saturated carbocycles. The Balaban J connectivity index is 1.50. The molecule has 24 heavy (non-hydrogen) atoms. The Kier molecular flexibility index (Phi) is 5.84. The van der Waals surface area contributed by atoms with Gasteiger partial charge in [-0.3, -0.25) is 15.1 Å². The summed E-state index contributed by atoms with van der Waals surface area (Å²) in [6, 6.07) is 5.57. The predicted molar refractivity (Wildman–Crippen MR) is 90.8 cm³/mol. The van der Waals surface area contributed by atoms with Crippen molar-refractivity contribution in [3.63, 3.8) is 0 Å². The molecule has 128 valence electrons. The zero-order chi connectivity index (χ0) is 16.8. The van der Waals surface area contributed by atoms with Gasteiger partial charge >= 0.3 is 0 Å². The summed E-state index contributed by atoms with van der Waals surface area (Å²) in [6.07, 6.45) is 4.44. The lowest BCUT2D eigenvalue weighted by Gasteiger charge is -2.23. The number of rotatable bonds is 6. The van der Waals surface area contributed by atoms with Gasteiger partial charge in [0, 0.05) is 12.8 Å². The zero-order valence-corrected chi connectivity index (χ0v) is 14.3. The second-order valence-electron chi connectivity index (χ2n) is 5.58. The molecule has 0 unspecified atom stereocenters. The molecule has 0 aliphatic carbocycles. The van der Waals surface area contributed by atoms with E-state index in [0.717, 1.165) is 31.6 Å². The maximum absolute atomic E-state index is 12.2. The Bertz CT molecular complexity index is 658. The molecule has 2 aromatic rings. The standard InChI is InChI=1S/C16H20N4O3S/c1-11(23-10-12-6-3-5-9-22-12)14(21)18-16-20-19-15(24-16)13-7-2-4-8-17-13/h2,4,7-8,11-12H,3,5-6,9-10H2,1H3,(H,18,20,21)/t11-,12-/m1/s1. The minimum absolute atomic E-state index is 0.0892. The molecule has 3 heterocycles. The number of nitrogens with zero attached hydrogens (tertiary/aromatic N) is 3. The van der Waals surface area contributed by atoms with Crippen LogP contribution in [0.25, 0.3) is 10.7 Å². The Labute approximate surface area is 144 Å². The summed E-state index contributed by atoms with van der Waals surface area (Å²) in [6.45, 7) is 2.93. The summed E-state index contributed by atoms with van der Waals surface area (Å²) in [5.41, 5.74) is 0.731. The SMILES string of the molecule is C[C@@H](OC[C@H]1CCCCO1)C(=O)Nc1nnc(-c2ccccn2)s1. The number of aromatic nitrogens is 3. The van der Waals surface area contributed by atoms with E-state index in [-0.39, 0.29) is 12.0 Å². The van der Waals surface area contributed by atoms with Crippen LogP contribution in [-0.4, -0.2) is 46.5 Å². The minimum Gasteiger partial charge on any atom is -0.376 e. The highest BCUT2D eigenvalue weighted by Gasteiger charge is 2.20. The molecule has 0 radical (unpaired) electrons. The van der Waals surface area contributed by atoms with Gasteiger partial charge in [-0.25, -0.2) is 0 Å². The maximum atomic E-state index is 12.2. The summed E-state index contributed by atoms with van der Waals surface area (Å²) in [5, 5.41) is 11.9. The highest BCUT2D eigenvalue weighted by atomic mass is 32.1. The van der Waals surface area contributed by atoms with Crippen LogP contribution >= 0.6 is 11.3 Å². The fourth-order valence-electron chi connectivity index (χ4n) is 2.34. The second-order valence-corrected chi connectivity index (χ2v) is 6.56. The van der Waals surface area contributed by atoms with Crippen LogP contribution in [-0.2, 0) is 14.3 Å². The number of pyridine rings is 1. The fraction of sp³-hybridized carbons (Fsp3) is 0.500. The van der Waals surface area contributed by atoms with Crippen molar-refractivity contribution in [2.24, 2.45) is 0 Å². The van der Waals surface area contributed by atoms with Gasteiger partial charge in [0.15, 0.2) is 5.01 Å². The average Bonchev–Trinajstić information content (AvgIpc) is 3.10. The second kappa shape index (κ2) is 8.27. The van der Waals surface area contributed by atoms with E-state index in [1.54, 1.807) is 13.1 Å². The molecule has 8 heteroatoms. The van der Waals surface area contributed by atoms with E-state index >= 15 is 0 Å². The molecule has 0 bridgehead atoms. The Morgan fingerprint density at radius 3 is 3.12 bits per heavy atom. The molecule has 2 aromatic heterocycles. The van der Waals surface area contributed by atoms with E-state index in [0.29, 0.717) is 16.7 Å². The van der Waals surface area contributed by atoms with Crippen LogP contribution in [0.4, 0.5) is 5.13 Å². The van der Waals surface area contributed by atoms with Crippen molar-refractivity contribution in [3.05, 3.63) is 24.4 Å². The van der Waals surface area contributed by atoms with Crippen LogP contribution in [0.5, 0.6) is 0 Å². The average molecular weight is 348 g/mol. The van der Waals surface area contributed by atoms with Crippen LogP contribution in [0.1, 0.15) is 26.2 Å². The van der Waals surface area contributed by atoms with Crippen LogP contribution < -0.4 is 5.32 Å². The molecule has 1 aliphatic heterocycles. The number of ether oxygens (including phenoxy) is 2. The van der Waals surface area contributed by atoms with E-state index in [2.05, 4.69) is 20.5 Å². The molecule has 1 N–H and O–H groups in total. The highest BCUT2D eigenvalue weighted by Crippen LogP contribution is 2.24. The number of amides is 1. The Morgan fingerprint density at radius 1 is 1.46 bits per heavy atom. The van der Waals surface area contributed by atoms with Gasteiger partial charge in [-0.05, 0) is 38.3 Å². The van der Waals surface area contributed by atoms with Crippen LogP contribution in [0.3, 0.4) is 0 Å². The van der Waals surface area contributed by atoms with Crippen molar-refractivity contribution in [1.82, 2.24) is 15.2 Å². The van der Waals surface area contributed by atoms with E-state index in [1.165, 1.54) is 11.3 Å². The summed E-state index contributed by atoms with van der Waals surface area (Å²) in [7, 11) is 0. The first-order chi connectivity index (χ1) is 11.7. The molecule has 1 amide bonds. The molecular formula is C16H20N4O3S. The number of hydrogen-bond acceptors (Lipinski definition) is 7. The number of hydrogen-bond donors (Lipinski definition) is 1. The monoisotopic (exact) mass is 348 g/mol. The number of nitrogens with one attached hydrogen (secondary N) is 1. The fourth-order valence-corrected chi connectivity index (χ4v) is 3.06. The lowest BCUT2D eigenvalue weighted by atomic mass is 10.1. The third kappa shape index (κ3) is 4.56. The van der Waals surface area contributed by atoms with E-state index in [1.807, 2.05) is 18.2 Å². The van der Waals surface area contributed by atoms with Crippen LogP contribution in [0.2, 0.25) is 0 Å². The van der Waals surface area contributed by atoms with Gasteiger partial charge < -0.3 is 9.47 Å². The first-order valence-electron chi connectivity index (χ1n) is 8.01. The van der Waals surface area contributed by atoms with Gasteiger partial charge in [-0.1, -0.05) is 17.4 Å². The van der Waals surface area contributed by atoms with Crippen LogP contribution in [0.15, 0.2) is 24.4 Å². The third-order valence-electron chi connectivity index (χ3n) is 3.71. The minimum atomic E-state index is -0.572. The zero-order valence-electron chi connectivity index (χ0n) is 13.5. The molecule has 1 saturated heterocycles. The Morgan fingerprint density at radius 2 is 2.38 bits per heavy atom. The molecule has 3 rings (SSSR count). The van der Waals surface area contributed by atoms with Crippen molar-refractivity contribution in [2.75, 3.05) is 18.5 Å². The highest BCUT2D eigenvalue weighted by molar-refractivity contribution is 7.18. The normalized spacial score (nSPS) is 19.0. The van der Waals surface area contributed by atoms with Crippen molar-refractivity contribution < 1.29 is 14.3 Å². The molecule has 2 atom stereocenters. The first kappa shape index (κ1) is 16.9. The van der Waals surface area contributed by atoms with Crippen molar-refractivity contribution in [2.45, 2.75) is 38.4 Å². The van der Waals surface area contributed by atoms with Gasteiger partial charge in [0.2, 0.25) is 5.13 Å². The van der Waals surface area contributed by atoms with Gasteiger partial charge in [-0.2, -0.15) is 0 Å². The predicted octanol–water partition coefficient (Wildman–Crippen LogP) is 2.51. The third-order valence-corrected chi connectivity index (χ3v) is 4.58. The molecule has 1 aliphatic rings. The van der Waals surface area contributed by atoms with Gasteiger partial charge in [0.05, 0.1) is 12.7 Å². The summed E-state index contributed by atoms with van der Waals surface area (Å²) in [5.74, 6) is -0.241. The molecular weight excluding hydrogens is 328 g/mol. The molecule has 0 spiro atoms. The van der Waals surface area contributed by atoms with Gasteiger partial charge in [-0.15, -0.1) is 10.2 Å². The Hall–Kier alpha value is -1.90. The quantitative estimate of drug-likeness (QED) is 0.863. The van der Waals surface area contributed by atoms with E-state index < -0.39 is 6.10 Å². The van der Waals surface area contributed by atoms with Crippen molar-refractivity contribution in [1.29, 1.82) is 0 Å². The van der Waals surface area contributed by atoms with E-state index in [9.17, 15) is 4.79 Å². The number of anilines is 1. The number of carbonyl (C=O) groups excluding carboxylic acids is 1. The largest absolute Gasteiger partial charge is 0.376 e. The van der Waals surface area contributed by atoms with Crippen LogP contribution in [0, 0.1) is 0 Å².